The number of carbonyl (C=O) groups excluding carboxylic acids is 2. The van der Waals surface area contributed by atoms with E-state index in [9.17, 15) is 18.0 Å². The predicted octanol–water partition coefficient (Wildman–Crippen LogP) is 5.62. The molecule has 1 N–H and O–H groups in total. The van der Waals surface area contributed by atoms with Gasteiger partial charge in [-0.2, -0.15) is 0 Å². The van der Waals surface area contributed by atoms with E-state index < -0.39 is 15.9 Å². The Hall–Kier alpha value is -4.09. The molecule has 4 aromatic carbocycles. The van der Waals surface area contributed by atoms with Crippen molar-refractivity contribution in [2.24, 2.45) is 0 Å². The van der Waals surface area contributed by atoms with Crippen LogP contribution in [0.3, 0.4) is 0 Å². The second kappa shape index (κ2) is 12.0. The molecule has 0 saturated carbocycles. The molecule has 0 atom stereocenters. The van der Waals surface area contributed by atoms with Gasteiger partial charge in [0.25, 0.3) is 15.9 Å². The van der Waals surface area contributed by atoms with Crippen LogP contribution in [0.1, 0.15) is 35.3 Å². The number of rotatable bonds is 10. The third-order valence-corrected chi connectivity index (χ3v) is 8.74. The zero-order valence-electron chi connectivity index (χ0n) is 23.3. The summed E-state index contributed by atoms with van der Waals surface area (Å²) in [7, 11) is -2.82. The van der Waals surface area contributed by atoms with Crippen LogP contribution in [0.25, 0.3) is 10.8 Å². The summed E-state index contributed by atoms with van der Waals surface area (Å²) in [5.74, 6) is 0.408. The number of hydrogen-bond donors (Lipinski definition) is 1. The third kappa shape index (κ3) is 5.54. The number of methoxy groups -OCH3 is 1. The number of nitrogens with zero attached hydrogens (tertiary/aromatic N) is 1. The fourth-order valence-corrected chi connectivity index (χ4v) is 6.75. The zero-order valence-corrected chi connectivity index (χ0v) is 25.7. The second-order valence-corrected chi connectivity index (χ2v) is 12.0. The number of hydrogen-bond acceptors (Lipinski definition) is 7. The molecule has 4 aromatic rings. The second-order valence-electron chi connectivity index (χ2n) is 9.48. The summed E-state index contributed by atoms with van der Waals surface area (Å²) in [6.45, 7) is 4.92. The first kappa shape index (κ1) is 29.4. The van der Waals surface area contributed by atoms with Gasteiger partial charge in [-0.05, 0) is 49.7 Å². The van der Waals surface area contributed by atoms with Gasteiger partial charge in [0.15, 0.2) is 0 Å². The SMILES string of the molecule is CCOc1c2c(c(OCC)c3ccccc13)C(=O)N(c1ccc(CC(=O)NS(=O)(=O)c3cc(Br)ccc3OC)cc1)C2. The average molecular weight is 654 g/mol. The number of halogens is 1. The molecule has 0 aliphatic carbocycles. The Balaban J connectivity index is 1.38. The summed E-state index contributed by atoms with van der Waals surface area (Å²) in [5.41, 5.74) is 2.45. The van der Waals surface area contributed by atoms with Crippen molar-refractivity contribution >= 4 is 54.2 Å². The van der Waals surface area contributed by atoms with Gasteiger partial charge in [-0.1, -0.05) is 52.3 Å². The topological polar surface area (TPSA) is 111 Å². The molecule has 218 valence electrons. The van der Waals surface area contributed by atoms with Crippen molar-refractivity contribution in [1.82, 2.24) is 4.72 Å². The first-order valence-electron chi connectivity index (χ1n) is 13.3. The first-order chi connectivity index (χ1) is 20.2. The molecular formula is C31H29BrN2O7S. The number of ether oxygens (including phenoxy) is 3. The Morgan fingerprint density at radius 3 is 2.24 bits per heavy atom. The summed E-state index contributed by atoms with van der Waals surface area (Å²) in [4.78, 5) is 28.0. The number of sulfonamides is 1. The van der Waals surface area contributed by atoms with E-state index in [1.54, 1.807) is 35.2 Å². The highest BCUT2D eigenvalue weighted by atomic mass is 79.9. The molecule has 0 unspecified atom stereocenters. The van der Waals surface area contributed by atoms with Crippen LogP contribution in [0.2, 0.25) is 0 Å². The van der Waals surface area contributed by atoms with E-state index in [0.717, 1.165) is 16.3 Å². The van der Waals surface area contributed by atoms with Crippen molar-refractivity contribution in [3.05, 3.63) is 87.9 Å². The van der Waals surface area contributed by atoms with E-state index in [-0.39, 0.29) is 23.0 Å². The number of fused-ring (bicyclic) bond motifs is 2. The monoisotopic (exact) mass is 652 g/mol. The maximum absolute atomic E-state index is 13.8. The van der Waals surface area contributed by atoms with E-state index in [1.165, 1.54) is 19.2 Å². The van der Waals surface area contributed by atoms with Gasteiger partial charge in [0.1, 0.15) is 22.1 Å². The number of anilines is 1. The highest BCUT2D eigenvalue weighted by Crippen LogP contribution is 2.46. The summed E-state index contributed by atoms with van der Waals surface area (Å²) in [6.07, 6.45) is -0.182. The van der Waals surface area contributed by atoms with E-state index >= 15 is 0 Å². The smallest absolute Gasteiger partial charge is 0.267 e. The average Bonchev–Trinajstić information content (AvgIpc) is 3.31. The van der Waals surface area contributed by atoms with Gasteiger partial charge in [0.2, 0.25) is 5.91 Å². The van der Waals surface area contributed by atoms with Crippen LogP contribution in [0.4, 0.5) is 5.69 Å². The lowest BCUT2D eigenvalue weighted by Crippen LogP contribution is -2.32. The van der Waals surface area contributed by atoms with E-state index in [1.807, 2.05) is 38.1 Å². The summed E-state index contributed by atoms with van der Waals surface area (Å²) >= 11 is 3.25. The minimum atomic E-state index is -4.17. The normalized spacial score (nSPS) is 12.8. The summed E-state index contributed by atoms with van der Waals surface area (Å²) in [5, 5.41) is 1.70. The lowest BCUT2D eigenvalue weighted by molar-refractivity contribution is -0.118. The molecule has 42 heavy (non-hydrogen) atoms. The summed E-state index contributed by atoms with van der Waals surface area (Å²) < 4.78 is 45.6. The van der Waals surface area contributed by atoms with Gasteiger partial charge < -0.3 is 19.1 Å². The largest absolute Gasteiger partial charge is 0.495 e. The van der Waals surface area contributed by atoms with Gasteiger partial charge in [0.05, 0.1) is 38.9 Å². The van der Waals surface area contributed by atoms with Crippen LogP contribution < -0.4 is 23.8 Å². The lowest BCUT2D eigenvalue weighted by Gasteiger charge is -2.16. The van der Waals surface area contributed by atoms with Crippen molar-refractivity contribution in [2.75, 3.05) is 25.2 Å². The predicted molar refractivity (Wildman–Crippen MR) is 163 cm³/mol. The van der Waals surface area contributed by atoms with E-state index in [2.05, 4.69) is 20.7 Å². The quantitative estimate of drug-likeness (QED) is 0.237. The van der Waals surface area contributed by atoms with Gasteiger partial charge in [-0.3, -0.25) is 9.59 Å². The maximum atomic E-state index is 13.8. The molecule has 0 saturated heterocycles. The molecule has 1 heterocycles. The molecule has 5 rings (SSSR count). The molecule has 1 aliphatic heterocycles. The fourth-order valence-electron chi connectivity index (χ4n) is 5.06. The van der Waals surface area contributed by atoms with Crippen LogP contribution in [-0.4, -0.2) is 40.6 Å². The first-order valence-corrected chi connectivity index (χ1v) is 15.6. The van der Waals surface area contributed by atoms with Crippen LogP contribution in [0, 0.1) is 0 Å². The van der Waals surface area contributed by atoms with Crippen LogP contribution in [-0.2, 0) is 27.8 Å². The summed E-state index contributed by atoms with van der Waals surface area (Å²) in [6, 6.07) is 19.1. The molecule has 0 fully saturated rings. The maximum Gasteiger partial charge on any atom is 0.267 e. The van der Waals surface area contributed by atoms with Gasteiger partial charge in [-0.25, -0.2) is 13.1 Å². The van der Waals surface area contributed by atoms with Gasteiger partial charge in [0, 0.05) is 26.5 Å². The van der Waals surface area contributed by atoms with Crippen molar-refractivity contribution < 1.29 is 32.2 Å². The Morgan fingerprint density at radius 1 is 0.952 bits per heavy atom. The molecule has 1 aliphatic rings. The lowest BCUT2D eigenvalue weighted by atomic mass is 9.99. The Morgan fingerprint density at radius 2 is 1.60 bits per heavy atom. The van der Waals surface area contributed by atoms with Gasteiger partial charge >= 0.3 is 0 Å². The van der Waals surface area contributed by atoms with E-state index in [4.69, 9.17) is 14.2 Å². The van der Waals surface area contributed by atoms with Crippen LogP contribution in [0.5, 0.6) is 17.2 Å². The Kier molecular flexibility index (Phi) is 8.42. The Bertz CT molecular complexity index is 1790. The number of nitrogens with one attached hydrogen (secondary N) is 1. The molecule has 11 heteroatoms. The molecular weight excluding hydrogens is 624 g/mol. The third-order valence-electron chi connectivity index (χ3n) is 6.85. The molecule has 0 bridgehead atoms. The molecule has 9 nitrogen and oxygen atoms in total. The molecule has 2 amide bonds. The van der Waals surface area contributed by atoms with E-state index in [0.29, 0.717) is 52.5 Å². The standard InChI is InChI=1S/C31H29BrN2O7S/c1-4-40-29-22-8-6-7-9-23(22)30(41-5-2)28-24(29)18-34(31(28)36)21-13-10-19(11-14-21)16-27(35)33-42(37,38)26-17-20(32)12-15-25(26)39-3/h6-15,17H,4-5,16,18H2,1-3H3,(H,33,35). The van der Waals surface area contributed by atoms with Crippen molar-refractivity contribution in [3.8, 4) is 17.2 Å². The van der Waals surface area contributed by atoms with Crippen molar-refractivity contribution in [3.63, 3.8) is 0 Å². The highest BCUT2D eigenvalue weighted by Gasteiger charge is 2.36. The molecule has 0 aromatic heterocycles. The minimum Gasteiger partial charge on any atom is -0.495 e. The number of benzene rings is 4. The number of amides is 2. The molecule has 0 spiro atoms. The Labute approximate surface area is 252 Å². The van der Waals surface area contributed by atoms with Crippen molar-refractivity contribution in [2.45, 2.75) is 31.7 Å². The fraction of sp³-hybridized carbons (Fsp3) is 0.226. The van der Waals surface area contributed by atoms with Crippen LogP contribution >= 0.6 is 15.9 Å². The number of carbonyl (C=O) groups is 2. The highest BCUT2D eigenvalue weighted by molar-refractivity contribution is 9.10. The van der Waals surface area contributed by atoms with Crippen LogP contribution in [0.15, 0.2) is 76.1 Å². The molecule has 0 radical (unpaired) electrons. The minimum absolute atomic E-state index is 0.118. The van der Waals surface area contributed by atoms with Gasteiger partial charge in [-0.15, -0.1) is 0 Å². The zero-order chi connectivity index (χ0) is 30.0. The van der Waals surface area contributed by atoms with Crippen molar-refractivity contribution in [1.29, 1.82) is 0 Å².